The normalized spacial score (nSPS) is 10.6. The Morgan fingerprint density at radius 1 is 1.06 bits per heavy atom. The summed E-state index contributed by atoms with van der Waals surface area (Å²) in [5, 5.41) is 12.5. The molecular weight excluding hydrogens is 286 g/mol. The van der Waals surface area contributed by atoms with Crippen LogP contribution >= 0.6 is 27.3 Å². The molecule has 4 heteroatoms. The van der Waals surface area contributed by atoms with Crippen LogP contribution in [-0.4, -0.2) is 5.11 Å². The molecule has 0 atom stereocenters. The second-order valence-electron chi connectivity index (χ2n) is 3.48. The molecule has 0 fully saturated rings. The highest BCUT2D eigenvalue weighted by Crippen LogP contribution is 2.21. The Hall–Kier alpha value is -0.840. The van der Waals surface area contributed by atoms with Gasteiger partial charge in [-0.05, 0) is 45.8 Å². The van der Waals surface area contributed by atoms with Gasteiger partial charge in [0.15, 0.2) is 0 Å². The fourth-order valence-electron chi connectivity index (χ4n) is 1.39. The van der Waals surface area contributed by atoms with E-state index in [9.17, 15) is 0 Å². The third-order valence-corrected chi connectivity index (χ3v) is 3.82. The summed E-state index contributed by atoms with van der Waals surface area (Å²) in [6, 6.07) is 11.4. The third kappa shape index (κ3) is 3.33. The number of hydrogen-bond acceptors (Lipinski definition) is 3. The molecule has 2 aromatic rings. The van der Waals surface area contributed by atoms with Crippen LogP contribution < -0.4 is 5.32 Å². The average Bonchev–Trinajstić information content (AvgIpc) is 2.67. The van der Waals surface area contributed by atoms with Gasteiger partial charge in [0.05, 0.1) is 3.79 Å². The van der Waals surface area contributed by atoms with Gasteiger partial charge < -0.3 is 10.4 Å². The Balaban J connectivity index is 1.82. The third-order valence-electron chi connectivity index (χ3n) is 2.19. The van der Waals surface area contributed by atoms with Gasteiger partial charge in [-0.15, -0.1) is 11.3 Å². The van der Waals surface area contributed by atoms with Crippen LogP contribution in [0.5, 0.6) is 5.75 Å². The van der Waals surface area contributed by atoms with Gasteiger partial charge in [0, 0.05) is 18.0 Å². The standard InChI is InChI=1S/C12H12BrNOS/c13-12-6-5-11(16-12)8-14-7-9-1-3-10(15)4-2-9/h1-6,14-15H,7-8H2. The summed E-state index contributed by atoms with van der Waals surface area (Å²) in [6.07, 6.45) is 0. The summed E-state index contributed by atoms with van der Waals surface area (Å²) in [4.78, 5) is 1.31. The van der Waals surface area contributed by atoms with Crippen LogP contribution in [0, 0.1) is 0 Å². The number of thiophene rings is 1. The Bertz CT molecular complexity index is 452. The number of phenolic OH excluding ortho intramolecular Hbond substituents is 1. The largest absolute Gasteiger partial charge is 0.508 e. The Morgan fingerprint density at radius 3 is 2.44 bits per heavy atom. The van der Waals surface area contributed by atoms with Crippen LogP contribution in [0.4, 0.5) is 0 Å². The molecule has 0 radical (unpaired) electrons. The zero-order valence-corrected chi connectivity index (χ0v) is 11.0. The SMILES string of the molecule is Oc1ccc(CNCc2ccc(Br)s2)cc1. The van der Waals surface area contributed by atoms with Gasteiger partial charge >= 0.3 is 0 Å². The number of benzene rings is 1. The van der Waals surface area contributed by atoms with E-state index in [1.807, 2.05) is 12.1 Å². The minimum atomic E-state index is 0.311. The van der Waals surface area contributed by atoms with Gasteiger partial charge in [-0.1, -0.05) is 12.1 Å². The van der Waals surface area contributed by atoms with Crippen molar-refractivity contribution >= 4 is 27.3 Å². The maximum Gasteiger partial charge on any atom is 0.115 e. The Kier molecular flexibility index (Phi) is 3.98. The summed E-state index contributed by atoms with van der Waals surface area (Å²) in [5.74, 6) is 0.311. The number of rotatable bonds is 4. The molecule has 0 aliphatic heterocycles. The molecule has 0 amide bonds. The molecule has 0 bridgehead atoms. The van der Waals surface area contributed by atoms with Crippen LogP contribution in [0.3, 0.4) is 0 Å². The molecule has 2 rings (SSSR count). The lowest BCUT2D eigenvalue weighted by atomic mass is 10.2. The van der Waals surface area contributed by atoms with Crippen LogP contribution in [0.15, 0.2) is 40.2 Å². The van der Waals surface area contributed by atoms with Crippen LogP contribution in [0.2, 0.25) is 0 Å². The summed E-state index contributed by atoms with van der Waals surface area (Å²) < 4.78 is 1.16. The van der Waals surface area contributed by atoms with E-state index < -0.39 is 0 Å². The van der Waals surface area contributed by atoms with E-state index in [-0.39, 0.29) is 0 Å². The van der Waals surface area contributed by atoms with Crippen molar-refractivity contribution in [3.63, 3.8) is 0 Å². The van der Waals surface area contributed by atoms with Gasteiger partial charge in [0.25, 0.3) is 0 Å². The Morgan fingerprint density at radius 2 is 1.81 bits per heavy atom. The van der Waals surface area contributed by atoms with Crippen molar-refractivity contribution in [2.45, 2.75) is 13.1 Å². The van der Waals surface area contributed by atoms with Crippen molar-refractivity contribution in [1.29, 1.82) is 0 Å². The zero-order chi connectivity index (χ0) is 11.4. The first-order valence-electron chi connectivity index (χ1n) is 4.97. The molecule has 2 N–H and O–H groups in total. The minimum Gasteiger partial charge on any atom is -0.508 e. The molecule has 0 saturated carbocycles. The molecule has 0 unspecified atom stereocenters. The Labute approximate surface area is 107 Å². The number of halogens is 1. The van der Waals surface area contributed by atoms with Crippen LogP contribution in [0.1, 0.15) is 10.4 Å². The number of aromatic hydroxyl groups is 1. The fourth-order valence-corrected chi connectivity index (χ4v) is 2.84. The van der Waals surface area contributed by atoms with E-state index in [0.29, 0.717) is 5.75 Å². The molecule has 0 saturated heterocycles. The molecule has 2 nitrogen and oxygen atoms in total. The van der Waals surface area contributed by atoms with E-state index in [1.165, 1.54) is 10.4 Å². The molecule has 1 aromatic carbocycles. The number of nitrogens with one attached hydrogen (secondary N) is 1. The smallest absolute Gasteiger partial charge is 0.115 e. The maximum absolute atomic E-state index is 9.14. The highest BCUT2D eigenvalue weighted by Gasteiger charge is 1.97. The lowest BCUT2D eigenvalue weighted by Crippen LogP contribution is -2.11. The molecule has 0 aliphatic rings. The first-order valence-corrected chi connectivity index (χ1v) is 6.58. The first-order chi connectivity index (χ1) is 7.74. The fraction of sp³-hybridized carbons (Fsp3) is 0.167. The topological polar surface area (TPSA) is 32.3 Å². The van der Waals surface area contributed by atoms with Crippen molar-refractivity contribution in [3.8, 4) is 5.75 Å². The molecular formula is C12H12BrNOS. The molecule has 1 heterocycles. The van der Waals surface area contributed by atoms with E-state index in [1.54, 1.807) is 23.5 Å². The highest BCUT2D eigenvalue weighted by atomic mass is 79.9. The quantitative estimate of drug-likeness (QED) is 0.905. The van der Waals surface area contributed by atoms with E-state index in [2.05, 4.69) is 33.4 Å². The number of phenols is 1. The van der Waals surface area contributed by atoms with Crippen LogP contribution in [0.25, 0.3) is 0 Å². The molecule has 0 spiro atoms. The van der Waals surface area contributed by atoms with E-state index in [4.69, 9.17) is 5.11 Å². The van der Waals surface area contributed by atoms with Gasteiger partial charge in [-0.2, -0.15) is 0 Å². The lowest BCUT2D eigenvalue weighted by molar-refractivity contribution is 0.475. The average molecular weight is 298 g/mol. The van der Waals surface area contributed by atoms with Crippen molar-refractivity contribution in [2.24, 2.45) is 0 Å². The van der Waals surface area contributed by atoms with Crippen molar-refractivity contribution in [3.05, 3.63) is 50.6 Å². The second-order valence-corrected chi connectivity index (χ2v) is 6.02. The monoisotopic (exact) mass is 297 g/mol. The van der Waals surface area contributed by atoms with Gasteiger partial charge in [0.2, 0.25) is 0 Å². The zero-order valence-electron chi connectivity index (χ0n) is 8.61. The lowest BCUT2D eigenvalue weighted by Gasteiger charge is -2.03. The summed E-state index contributed by atoms with van der Waals surface area (Å²) >= 11 is 5.18. The second kappa shape index (κ2) is 5.48. The molecule has 84 valence electrons. The number of hydrogen-bond donors (Lipinski definition) is 2. The van der Waals surface area contributed by atoms with E-state index >= 15 is 0 Å². The van der Waals surface area contributed by atoms with Crippen molar-refractivity contribution in [2.75, 3.05) is 0 Å². The first kappa shape index (κ1) is 11.6. The van der Waals surface area contributed by atoms with Gasteiger partial charge in [-0.25, -0.2) is 0 Å². The summed E-state index contributed by atoms with van der Waals surface area (Å²) in [7, 11) is 0. The predicted molar refractivity (Wildman–Crippen MR) is 70.7 cm³/mol. The van der Waals surface area contributed by atoms with Crippen molar-refractivity contribution in [1.82, 2.24) is 5.32 Å². The summed E-state index contributed by atoms with van der Waals surface area (Å²) in [5.41, 5.74) is 1.17. The minimum absolute atomic E-state index is 0.311. The summed E-state index contributed by atoms with van der Waals surface area (Å²) in [6.45, 7) is 1.69. The van der Waals surface area contributed by atoms with Gasteiger partial charge in [-0.3, -0.25) is 0 Å². The van der Waals surface area contributed by atoms with Crippen molar-refractivity contribution < 1.29 is 5.11 Å². The predicted octanol–water partition coefficient (Wildman–Crippen LogP) is 3.51. The maximum atomic E-state index is 9.14. The molecule has 16 heavy (non-hydrogen) atoms. The molecule has 1 aromatic heterocycles. The molecule has 0 aliphatic carbocycles. The highest BCUT2D eigenvalue weighted by molar-refractivity contribution is 9.11. The van der Waals surface area contributed by atoms with E-state index in [0.717, 1.165) is 16.9 Å². The van der Waals surface area contributed by atoms with Crippen LogP contribution in [-0.2, 0) is 13.1 Å². The van der Waals surface area contributed by atoms with Gasteiger partial charge in [0.1, 0.15) is 5.75 Å².